The van der Waals surface area contributed by atoms with Crippen LogP contribution in [0.15, 0.2) is 24.3 Å². The summed E-state index contributed by atoms with van der Waals surface area (Å²) < 4.78 is 5.81. The molecule has 0 radical (unpaired) electrons. The minimum atomic E-state index is 0.845. The predicted octanol–water partition coefficient (Wildman–Crippen LogP) is 4.93. The van der Waals surface area contributed by atoms with Gasteiger partial charge in [-0.2, -0.15) is 0 Å². The Labute approximate surface area is 124 Å². The molecule has 0 unspecified atom stereocenters. The molecule has 2 nitrogen and oxygen atoms in total. The number of benzene rings is 1. The summed E-state index contributed by atoms with van der Waals surface area (Å²) in [5.74, 6) is 1.00. The summed E-state index contributed by atoms with van der Waals surface area (Å²) in [6.07, 6.45) is 10.7. The van der Waals surface area contributed by atoms with Gasteiger partial charge in [-0.15, -0.1) is 0 Å². The number of hydrogen-bond acceptors (Lipinski definition) is 2. The highest BCUT2D eigenvalue weighted by Crippen LogP contribution is 2.14. The van der Waals surface area contributed by atoms with E-state index in [2.05, 4.69) is 30.4 Å². The zero-order valence-corrected chi connectivity index (χ0v) is 13.3. The maximum absolute atomic E-state index is 5.81. The van der Waals surface area contributed by atoms with Gasteiger partial charge in [0.1, 0.15) is 5.75 Å². The largest absolute Gasteiger partial charge is 0.494 e. The third kappa shape index (κ3) is 8.21. The van der Waals surface area contributed by atoms with Crippen LogP contribution in [-0.4, -0.2) is 13.7 Å². The first kappa shape index (κ1) is 17.0. The lowest BCUT2D eigenvalue weighted by Crippen LogP contribution is -2.05. The van der Waals surface area contributed by atoms with Crippen molar-refractivity contribution in [3.63, 3.8) is 0 Å². The number of ether oxygens (including phenoxy) is 1. The van der Waals surface area contributed by atoms with Gasteiger partial charge in [0.2, 0.25) is 0 Å². The van der Waals surface area contributed by atoms with Crippen molar-refractivity contribution in [3.8, 4) is 5.75 Å². The second-order valence-electron chi connectivity index (χ2n) is 5.50. The highest BCUT2D eigenvalue weighted by Gasteiger charge is 1.97. The molecular formula is C18H31NO. The predicted molar refractivity (Wildman–Crippen MR) is 87.3 cm³/mol. The van der Waals surface area contributed by atoms with Gasteiger partial charge in [0.25, 0.3) is 0 Å². The molecule has 0 heterocycles. The molecule has 1 rings (SSSR count). The van der Waals surface area contributed by atoms with E-state index in [1.807, 2.05) is 13.1 Å². The van der Waals surface area contributed by atoms with E-state index in [0.717, 1.165) is 18.9 Å². The first-order valence-corrected chi connectivity index (χ1v) is 8.23. The third-order valence-corrected chi connectivity index (χ3v) is 3.55. The Morgan fingerprint density at radius 3 is 2.35 bits per heavy atom. The molecule has 0 saturated heterocycles. The van der Waals surface area contributed by atoms with Crippen LogP contribution in [0.1, 0.15) is 63.9 Å². The van der Waals surface area contributed by atoms with Crippen molar-refractivity contribution in [3.05, 3.63) is 29.8 Å². The highest BCUT2D eigenvalue weighted by atomic mass is 16.5. The van der Waals surface area contributed by atoms with E-state index in [9.17, 15) is 0 Å². The number of nitrogens with one attached hydrogen (secondary N) is 1. The zero-order valence-electron chi connectivity index (χ0n) is 13.3. The molecule has 1 aromatic carbocycles. The SMILES string of the molecule is CCCCCCCCCCOc1cccc(CNC)c1. The van der Waals surface area contributed by atoms with Gasteiger partial charge >= 0.3 is 0 Å². The Kier molecular flexibility index (Phi) is 10.0. The van der Waals surface area contributed by atoms with Crippen LogP contribution >= 0.6 is 0 Å². The Morgan fingerprint density at radius 2 is 1.65 bits per heavy atom. The van der Waals surface area contributed by atoms with E-state index >= 15 is 0 Å². The van der Waals surface area contributed by atoms with Crippen LogP contribution in [0.25, 0.3) is 0 Å². The zero-order chi connectivity index (χ0) is 14.5. The summed E-state index contributed by atoms with van der Waals surface area (Å²) in [6.45, 7) is 4.01. The first-order chi connectivity index (χ1) is 9.86. The molecule has 2 heteroatoms. The molecular weight excluding hydrogens is 246 g/mol. The molecule has 0 aliphatic carbocycles. The smallest absolute Gasteiger partial charge is 0.119 e. The van der Waals surface area contributed by atoms with E-state index in [1.165, 1.54) is 56.9 Å². The topological polar surface area (TPSA) is 21.3 Å². The molecule has 0 aliphatic rings. The third-order valence-electron chi connectivity index (χ3n) is 3.55. The molecule has 0 saturated carbocycles. The first-order valence-electron chi connectivity index (χ1n) is 8.23. The molecule has 0 spiro atoms. The van der Waals surface area contributed by atoms with Crippen LogP contribution in [0.3, 0.4) is 0 Å². The van der Waals surface area contributed by atoms with E-state index in [-0.39, 0.29) is 0 Å². The fourth-order valence-electron chi connectivity index (χ4n) is 2.38. The number of hydrogen-bond donors (Lipinski definition) is 1. The fraction of sp³-hybridized carbons (Fsp3) is 0.667. The van der Waals surface area contributed by atoms with Crippen LogP contribution in [0.4, 0.5) is 0 Å². The lowest BCUT2D eigenvalue weighted by Gasteiger charge is -2.08. The lowest BCUT2D eigenvalue weighted by atomic mass is 10.1. The second kappa shape index (κ2) is 11.8. The number of rotatable bonds is 12. The maximum Gasteiger partial charge on any atom is 0.119 e. The Bertz CT molecular complexity index is 338. The van der Waals surface area contributed by atoms with E-state index in [1.54, 1.807) is 0 Å². The highest BCUT2D eigenvalue weighted by molar-refractivity contribution is 5.28. The van der Waals surface area contributed by atoms with Crippen LogP contribution in [0.2, 0.25) is 0 Å². The van der Waals surface area contributed by atoms with E-state index in [0.29, 0.717) is 0 Å². The molecule has 0 atom stereocenters. The van der Waals surface area contributed by atoms with Gasteiger partial charge in [-0.1, -0.05) is 64.0 Å². The molecule has 0 amide bonds. The van der Waals surface area contributed by atoms with Gasteiger partial charge < -0.3 is 10.1 Å². The summed E-state index contributed by atoms with van der Waals surface area (Å²) in [5, 5.41) is 3.16. The van der Waals surface area contributed by atoms with Crippen molar-refractivity contribution in [1.82, 2.24) is 5.32 Å². The minimum Gasteiger partial charge on any atom is -0.494 e. The molecule has 1 N–H and O–H groups in total. The van der Waals surface area contributed by atoms with Gasteiger partial charge in [0.05, 0.1) is 6.61 Å². The van der Waals surface area contributed by atoms with Gasteiger partial charge in [0, 0.05) is 6.54 Å². The minimum absolute atomic E-state index is 0.845. The van der Waals surface area contributed by atoms with Crippen LogP contribution in [0.5, 0.6) is 5.75 Å². The van der Waals surface area contributed by atoms with Crippen molar-refractivity contribution in [2.75, 3.05) is 13.7 Å². The Morgan fingerprint density at radius 1 is 0.950 bits per heavy atom. The molecule has 0 aromatic heterocycles. The van der Waals surface area contributed by atoms with Crippen LogP contribution in [-0.2, 0) is 6.54 Å². The molecule has 0 aliphatic heterocycles. The standard InChI is InChI=1S/C18H31NO/c1-3-4-5-6-7-8-9-10-14-20-18-13-11-12-17(15-18)16-19-2/h11-13,15,19H,3-10,14,16H2,1-2H3. The summed E-state index contributed by atoms with van der Waals surface area (Å²) in [7, 11) is 1.97. The normalized spacial score (nSPS) is 10.7. The second-order valence-corrected chi connectivity index (χ2v) is 5.50. The van der Waals surface area contributed by atoms with Crippen molar-refractivity contribution >= 4 is 0 Å². The van der Waals surface area contributed by atoms with E-state index < -0.39 is 0 Å². The van der Waals surface area contributed by atoms with Crippen molar-refractivity contribution in [1.29, 1.82) is 0 Å². The summed E-state index contributed by atoms with van der Waals surface area (Å²) in [6, 6.07) is 8.36. The quantitative estimate of drug-likeness (QED) is 0.547. The molecule has 0 bridgehead atoms. The molecule has 0 fully saturated rings. The van der Waals surface area contributed by atoms with Crippen molar-refractivity contribution in [2.24, 2.45) is 0 Å². The molecule has 20 heavy (non-hydrogen) atoms. The Hall–Kier alpha value is -1.02. The van der Waals surface area contributed by atoms with Gasteiger partial charge in [-0.25, -0.2) is 0 Å². The van der Waals surface area contributed by atoms with Gasteiger partial charge in [-0.3, -0.25) is 0 Å². The van der Waals surface area contributed by atoms with Gasteiger partial charge in [0.15, 0.2) is 0 Å². The lowest BCUT2D eigenvalue weighted by molar-refractivity contribution is 0.304. The molecule has 1 aromatic rings. The van der Waals surface area contributed by atoms with Gasteiger partial charge in [-0.05, 0) is 31.2 Å². The maximum atomic E-state index is 5.81. The Balaban J connectivity index is 2.02. The summed E-state index contributed by atoms with van der Waals surface area (Å²) in [4.78, 5) is 0. The van der Waals surface area contributed by atoms with Crippen molar-refractivity contribution < 1.29 is 4.74 Å². The van der Waals surface area contributed by atoms with Crippen LogP contribution in [0, 0.1) is 0 Å². The number of unbranched alkanes of at least 4 members (excludes halogenated alkanes) is 7. The fourth-order valence-corrected chi connectivity index (χ4v) is 2.38. The average molecular weight is 277 g/mol. The van der Waals surface area contributed by atoms with E-state index in [4.69, 9.17) is 4.74 Å². The summed E-state index contributed by atoms with van der Waals surface area (Å²) in [5.41, 5.74) is 1.28. The van der Waals surface area contributed by atoms with Crippen LogP contribution < -0.4 is 10.1 Å². The van der Waals surface area contributed by atoms with Crippen molar-refractivity contribution in [2.45, 2.75) is 64.8 Å². The molecule has 114 valence electrons. The summed E-state index contributed by atoms with van der Waals surface area (Å²) >= 11 is 0. The monoisotopic (exact) mass is 277 g/mol. The average Bonchev–Trinajstić information content (AvgIpc) is 2.46.